The number of allylic oxidation sites excluding steroid dienone is 2. The van der Waals surface area contributed by atoms with E-state index in [1.54, 1.807) is 0 Å². The number of urea groups is 1. The molecule has 2 N–H and O–H groups in total. The third kappa shape index (κ3) is 5.35. The van der Waals surface area contributed by atoms with Crippen LogP contribution in [-0.2, 0) is 4.74 Å². The normalized spacial score (nSPS) is 23.8. The van der Waals surface area contributed by atoms with Gasteiger partial charge in [0.05, 0.1) is 12.7 Å². The van der Waals surface area contributed by atoms with Gasteiger partial charge in [-0.15, -0.1) is 0 Å². The molecule has 20 heavy (non-hydrogen) atoms. The fourth-order valence-corrected chi connectivity index (χ4v) is 2.45. The number of hydrogen-bond donors (Lipinski definition) is 2. The third-order valence-corrected chi connectivity index (χ3v) is 3.71. The van der Waals surface area contributed by atoms with Gasteiger partial charge in [0.15, 0.2) is 0 Å². The lowest BCUT2D eigenvalue weighted by Gasteiger charge is -2.29. The highest BCUT2D eigenvalue weighted by atomic mass is 16.5. The molecule has 1 unspecified atom stereocenters. The Labute approximate surface area is 121 Å². The molecule has 0 aromatic heterocycles. The maximum Gasteiger partial charge on any atom is 0.315 e. The molecule has 0 aromatic rings. The van der Waals surface area contributed by atoms with E-state index in [0.29, 0.717) is 19.2 Å². The Hall–Kier alpha value is -1.33. The Kier molecular flexibility index (Phi) is 6.08. The second-order valence-corrected chi connectivity index (χ2v) is 5.44. The number of hydrogen-bond acceptors (Lipinski definition) is 3. The molecule has 1 aliphatic heterocycles. The molecule has 0 aromatic carbocycles. The topological polar surface area (TPSA) is 53.6 Å². The molecule has 1 heterocycles. The second-order valence-electron chi connectivity index (χ2n) is 5.44. The molecular formula is C15H25N3O2. The van der Waals surface area contributed by atoms with Crippen LogP contribution in [0.4, 0.5) is 4.79 Å². The number of ether oxygens (including phenoxy) is 1. The predicted octanol–water partition coefficient (Wildman–Crippen LogP) is 1.28. The number of rotatable bonds is 5. The zero-order valence-corrected chi connectivity index (χ0v) is 12.2. The Morgan fingerprint density at radius 3 is 2.85 bits per heavy atom. The van der Waals surface area contributed by atoms with E-state index in [2.05, 4.69) is 28.7 Å². The molecule has 0 saturated carbocycles. The average Bonchev–Trinajstić information content (AvgIpc) is 2.47. The lowest BCUT2D eigenvalue weighted by molar-refractivity contribution is 0.0891. The van der Waals surface area contributed by atoms with Gasteiger partial charge in [-0.1, -0.05) is 24.3 Å². The van der Waals surface area contributed by atoms with E-state index >= 15 is 0 Å². The van der Waals surface area contributed by atoms with Gasteiger partial charge in [0.25, 0.3) is 0 Å². The molecule has 0 radical (unpaired) electrons. The van der Waals surface area contributed by atoms with Gasteiger partial charge in [-0.25, -0.2) is 4.79 Å². The van der Waals surface area contributed by atoms with E-state index < -0.39 is 0 Å². The van der Waals surface area contributed by atoms with E-state index in [0.717, 1.165) is 32.4 Å². The van der Waals surface area contributed by atoms with Crippen LogP contribution in [-0.4, -0.2) is 56.4 Å². The van der Waals surface area contributed by atoms with Crippen molar-refractivity contribution in [1.82, 2.24) is 15.5 Å². The van der Waals surface area contributed by atoms with Gasteiger partial charge in [0.2, 0.25) is 0 Å². The van der Waals surface area contributed by atoms with Gasteiger partial charge in [-0.2, -0.15) is 0 Å². The van der Waals surface area contributed by atoms with Crippen molar-refractivity contribution in [3.8, 4) is 0 Å². The maximum atomic E-state index is 11.7. The first kappa shape index (κ1) is 15.1. The molecule has 112 valence electrons. The van der Waals surface area contributed by atoms with Crippen molar-refractivity contribution in [3.63, 3.8) is 0 Å². The van der Waals surface area contributed by atoms with Crippen molar-refractivity contribution in [2.45, 2.75) is 31.4 Å². The van der Waals surface area contributed by atoms with Crippen LogP contribution in [0.15, 0.2) is 24.3 Å². The Balaban J connectivity index is 1.52. The summed E-state index contributed by atoms with van der Waals surface area (Å²) in [7, 11) is 2.11. The Morgan fingerprint density at radius 2 is 2.15 bits per heavy atom. The van der Waals surface area contributed by atoms with Crippen molar-refractivity contribution >= 4 is 6.03 Å². The first-order chi connectivity index (χ1) is 9.74. The molecule has 2 rings (SSSR count). The van der Waals surface area contributed by atoms with Crippen LogP contribution >= 0.6 is 0 Å². The van der Waals surface area contributed by atoms with Crippen LogP contribution < -0.4 is 10.6 Å². The summed E-state index contributed by atoms with van der Waals surface area (Å²) in [5.74, 6) is 0. The molecule has 2 amide bonds. The molecule has 2 aliphatic rings. The minimum absolute atomic E-state index is 0.0813. The zero-order valence-electron chi connectivity index (χ0n) is 12.2. The fraction of sp³-hybridized carbons (Fsp3) is 0.667. The highest BCUT2D eigenvalue weighted by molar-refractivity contribution is 5.74. The zero-order chi connectivity index (χ0) is 14.2. The van der Waals surface area contributed by atoms with Gasteiger partial charge in [0.1, 0.15) is 0 Å². The predicted molar refractivity (Wildman–Crippen MR) is 79.7 cm³/mol. The first-order valence-corrected chi connectivity index (χ1v) is 7.42. The van der Waals surface area contributed by atoms with E-state index in [1.807, 2.05) is 18.2 Å². The van der Waals surface area contributed by atoms with Crippen molar-refractivity contribution in [2.24, 2.45) is 0 Å². The number of nitrogens with zero attached hydrogens (tertiary/aromatic N) is 1. The monoisotopic (exact) mass is 279 g/mol. The van der Waals surface area contributed by atoms with Crippen LogP contribution in [0.25, 0.3) is 0 Å². The number of carbonyl (C=O) groups is 1. The van der Waals surface area contributed by atoms with Gasteiger partial charge in [0, 0.05) is 12.6 Å². The molecule has 1 fully saturated rings. The first-order valence-electron chi connectivity index (χ1n) is 7.42. The second kappa shape index (κ2) is 8.07. The molecule has 0 bridgehead atoms. The SMILES string of the molecule is CN1CCC(NC(=O)NCCOC2C=CC=CC2)CC1. The summed E-state index contributed by atoms with van der Waals surface area (Å²) >= 11 is 0. The van der Waals surface area contributed by atoms with Gasteiger partial charge >= 0.3 is 6.03 Å². The van der Waals surface area contributed by atoms with Crippen molar-refractivity contribution in [3.05, 3.63) is 24.3 Å². The molecule has 0 spiro atoms. The number of carbonyl (C=O) groups excluding carboxylic acids is 1. The molecule has 1 saturated heterocycles. The highest BCUT2D eigenvalue weighted by Crippen LogP contribution is 2.08. The van der Waals surface area contributed by atoms with Crippen molar-refractivity contribution in [1.29, 1.82) is 0 Å². The lowest BCUT2D eigenvalue weighted by Crippen LogP contribution is -2.47. The van der Waals surface area contributed by atoms with Gasteiger partial charge in [-0.3, -0.25) is 0 Å². The smallest absolute Gasteiger partial charge is 0.315 e. The summed E-state index contributed by atoms with van der Waals surface area (Å²) in [6, 6.07) is 0.223. The third-order valence-electron chi connectivity index (χ3n) is 3.71. The molecule has 5 nitrogen and oxygen atoms in total. The summed E-state index contributed by atoms with van der Waals surface area (Å²) in [6.45, 7) is 3.20. The summed E-state index contributed by atoms with van der Waals surface area (Å²) in [6.07, 6.45) is 11.3. The Bertz CT molecular complexity index is 360. The summed E-state index contributed by atoms with van der Waals surface area (Å²) in [4.78, 5) is 14.0. The summed E-state index contributed by atoms with van der Waals surface area (Å²) in [5, 5.41) is 5.87. The van der Waals surface area contributed by atoms with E-state index in [9.17, 15) is 4.79 Å². The fourth-order valence-electron chi connectivity index (χ4n) is 2.45. The number of likely N-dealkylation sites (tertiary alicyclic amines) is 1. The minimum atomic E-state index is -0.0813. The molecule has 1 atom stereocenters. The van der Waals surface area contributed by atoms with Crippen LogP contribution in [0.5, 0.6) is 0 Å². The van der Waals surface area contributed by atoms with Crippen LogP contribution in [0.1, 0.15) is 19.3 Å². The Morgan fingerprint density at radius 1 is 1.35 bits per heavy atom. The standard InChI is InChI=1S/C15H25N3O2/c1-18-10-7-13(8-11-18)17-15(19)16-9-12-20-14-5-3-2-4-6-14/h2-5,13-14H,6-12H2,1H3,(H2,16,17,19). The largest absolute Gasteiger partial charge is 0.372 e. The van der Waals surface area contributed by atoms with Gasteiger partial charge in [-0.05, 0) is 39.4 Å². The minimum Gasteiger partial charge on any atom is -0.372 e. The molecule has 5 heteroatoms. The lowest BCUT2D eigenvalue weighted by atomic mass is 10.1. The average molecular weight is 279 g/mol. The maximum absolute atomic E-state index is 11.7. The summed E-state index contributed by atoms with van der Waals surface area (Å²) in [5.41, 5.74) is 0. The highest BCUT2D eigenvalue weighted by Gasteiger charge is 2.18. The quantitative estimate of drug-likeness (QED) is 0.746. The summed E-state index contributed by atoms with van der Waals surface area (Å²) < 4.78 is 5.65. The van der Waals surface area contributed by atoms with E-state index in [-0.39, 0.29) is 12.1 Å². The van der Waals surface area contributed by atoms with Crippen molar-refractivity contribution in [2.75, 3.05) is 33.3 Å². The van der Waals surface area contributed by atoms with Crippen LogP contribution in [0.2, 0.25) is 0 Å². The van der Waals surface area contributed by atoms with Gasteiger partial charge < -0.3 is 20.3 Å². The van der Waals surface area contributed by atoms with E-state index in [1.165, 1.54) is 0 Å². The van der Waals surface area contributed by atoms with E-state index in [4.69, 9.17) is 4.74 Å². The van der Waals surface area contributed by atoms with Crippen LogP contribution in [0, 0.1) is 0 Å². The van der Waals surface area contributed by atoms with Crippen molar-refractivity contribution < 1.29 is 9.53 Å². The molecule has 1 aliphatic carbocycles. The molecular weight excluding hydrogens is 254 g/mol. The number of piperidine rings is 1. The van der Waals surface area contributed by atoms with Crippen LogP contribution in [0.3, 0.4) is 0 Å². The number of amides is 2. The number of nitrogens with one attached hydrogen (secondary N) is 2.